The van der Waals surface area contributed by atoms with E-state index in [1.54, 1.807) is 35.2 Å². The van der Waals surface area contributed by atoms with Gasteiger partial charge in [-0.2, -0.15) is 0 Å². The normalized spacial score (nSPS) is 30.6. The molecule has 6 heteroatoms. The molecular weight excluding hydrogens is 346 g/mol. The number of amides is 1. The SMILES string of the molecule is O=C(O)[C@H]1[C@H]2C=C[C@@]3(CN(c4ccc(Oc5ccccc5)cc4)C(=O)[C@@H]13)O2. The molecule has 0 saturated carbocycles. The summed E-state index contributed by atoms with van der Waals surface area (Å²) < 4.78 is 11.7. The van der Waals surface area contributed by atoms with E-state index in [4.69, 9.17) is 9.47 Å². The highest BCUT2D eigenvalue weighted by atomic mass is 16.5. The zero-order valence-electron chi connectivity index (χ0n) is 14.3. The highest BCUT2D eigenvalue weighted by Crippen LogP contribution is 2.52. The van der Waals surface area contributed by atoms with Gasteiger partial charge in [0, 0.05) is 5.69 Å². The average Bonchev–Trinajstić information content (AvgIpc) is 3.31. The van der Waals surface area contributed by atoms with E-state index in [0.29, 0.717) is 18.0 Å². The summed E-state index contributed by atoms with van der Waals surface area (Å²) in [7, 11) is 0. The molecule has 4 atom stereocenters. The molecule has 2 aromatic rings. The molecule has 136 valence electrons. The van der Waals surface area contributed by atoms with Gasteiger partial charge < -0.3 is 19.5 Å². The molecule has 0 aliphatic carbocycles. The molecule has 2 fully saturated rings. The second kappa shape index (κ2) is 5.69. The predicted molar refractivity (Wildman–Crippen MR) is 96.7 cm³/mol. The summed E-state index contributed by atoms with van der Waals surface area (Å²) >= 11 is 0. The molecule has 2 bridgehead atoms. The summed E-state index contributed by atoms with van der Waals surface area (Å²) in [5.74, 6) is -1.30. The predicted octanol–water partition coefficient (Wildman–Crippen LogP) is 2.85. The van der Waals surface area contributed by atoms with Crippen LogP contribution in [0.4, 0.5) is 5.69 Å². The zero-order chi connectivity index (χ0) is 18.6. The van der Waals surface area contributed by atoms with Crippen molar-refractivity contribution < 1.29 is 24.2 Å². The van der Waals surface area contributed by atoms with Gasteiger partial charge in [0.2, 0.25) is 5.91 Å². The molecule has 3 aliphatic heterocycles. The number of benzene rings is 2. The Morgan fingerprint density at radius 2 is 1.81 bits per heavy atom. The van der Waals surface area contributed by atoms with Crippen molar-refractivity contribution in [1.29, 1.82) is 0 Å². The number of carbonyl (C=O) groups excluding carboxylic acids is 1. The van der Waals surface area contributed by atoms with Gasteiger partial charge in [-0.1, -0.05) is 30.4 Å². The van der Waals surface area contributed by atoms with Crippen LogP contribution in [0.5, 0.6) is 11.5 Å². The monoisotopic (exact) mass is 363 g/mol. The summed E-state index contributed by atoms with van der Waals surface area (Å²) in [5.41, 5.74) is -0.127. The molecule has 3 heterocycles. The van der Waals surface area contributed by atoms with Crippen molar-refractivity contribution >= 4 is 17.6 Å². The van der Waals surface area contributed by atoms with Gasteiger partial charge in [0.05, 0.1) is 18.6 Å². The van der Waals surface area contributed by atoms with E-state index in [2.05, 4.69) is 0 Å². The lowest BCUT2D eigenvalue weighted by Gasteiger charge is -2.21. The molecule has 2 aromatic carbocycles. The Morgan fingerprint density at radius 1 is 1.11 bits per heavy atom. The van der Waals surface area contributed by atoms with Crippen molar-refractivity contribution in [3.8, 4) is 11.5 Å². The minimum absolute atomic E-state index is 0.203. The van der Waals surface area contributed by atoms with E-state index in [9.17, 15) is 14.7 Å². The maximum Gasteiger partial charge on any atom is 0.310 e. The first-order chi connectivity index (χ1) is 13.1. The number of anilines is 1. The van der Waals surface area contributed by atoms with Gasteiger partial charge in [-0.05, 0) is 36.4 Å². The van der Waals surface area contributed by atoms with Crippen LogP contribution in [0, 0.1) is 11.8 Å². The van der Waals surface area contributed by atoms with Crippen molar-refractivity contribution in [2.45, 2.75) is 11.7 Å². The molecule has 5 rings (SSSR count). The van der Waals surface area contributed by atoms with Crippen molar-refractivity contribution in [3.63, 3.8) is 0 Å². The standard InChI is InChI=1S/C21H17NO5/c23-19-18-17(20(24)25)16-10-11-21(18,27-16)12-22(19)13-6-8-15(9-7-13)26-14-4-2-1-3-5-14/h1-11,16-18H,12H2,(H,24,25)/t16-,17+,18-,21+/m1/s1. The second-order valence-corrected chi connectivity index (χ2v) is 7.07. The van der Waals surface area contributed by atoms with Crippen molar-refractivity contribution in [2.24, 2.45) is 11.8 Å². The Labute approximate surface area is 155 Å². The minimum atomic E-state index is -0.988. The topological polar surface area (TPSA) is 76.1 Å². The zero-order valence-corrected chi connectivity index (χ0v) is 14.3. The average molecular weight is 363 g/mol. The maximum atomic E-state index is 13.0. The fourth-order valence-electron chi connectivity index (χ4n) is 4.32. The van der Waals surface area contributed by atoms with E-state index in [1.165, 1.54) is 0 Å². The molecule has 27 heavy (non-hydrogen) atoms. The Hall–Kier alpha value is -3.12. The second-order valence-electron chi connectivity index (χ2n) is 7.07. The van der Waals surface area contributed by atoms with E-state index in [-0.39, 0.29) is 5.91 Å². The maximum absolute atomic E-state index is 13.0. The highest BCUT2D eigenvalue weighted by molar-refractivity contribution is 6.02. The number of para-hydroxylation sites is 1. The fraction of sp³-hybridized carbons (Fsp3) is 0.238. The Morgan fingerprint density at radius 3 is 2.52 bits per heavy atom. The van der Waals surface area contributed by atoms with Gasteiger partial charge in [0.1, 0.15) is 23.0 Å². The molecule has 2 saturated heterocycles. The molecular formula is C21H17NO5. The van der Waals surface area contributed by atoms with Crippen LogP contribution in [0.25, 0.3) is 0 Å². The third kappa shape index (κ3) is 2.37. The minimum Gasteiger partial charge on any atom is -0.481 e. The smallest absolute Gasteiger partial charge is 0.310 e. The number of hydrogen-bond acceptors (Lipinski definition) is 4. The summed E-state index contributed by atoms with van der Waals surface area (Å²) in [4.78, 5) is 26.2. The lowest BCUT2D eigenvalue weighted by atomic mass is 9.77. The van der Waals surface area contributed by atoms with Crippen molar-refractivity contribution in [2.75, 3.05) is 11.4 Å². The summed E-state index contributed by atoms with van der Waals surface area (Å²) in [6.07, 6.45) is 3.11. The lowest BCUT2D eigenvalue weighted by molar-refractivity contribution is -0.146. The molecule has 1 amide bonds. The van der Waals surface area contributed by atoms with Gasteiger partial charge in [0.15, 0.2) is 0 Å². The first kappa shape index (κ1) is 16.1. The first-order valence-corrected chi connectivity index (χ1v) is 8.82. The third-order valence-corrected chi connectivity index (χ3v) is 5.51. The number of aliphatic carboxylic acids is 1. The first-order valence-electron chi connectivity index (χ1n) is 8.82. The molecule has 1 spiro atoms. The Balaban J connectivity index is 1.39. The number of hydrogen-bond donors (Lipinski definition) is 1. The Kier molecular flexibility index (Phi) is 3.39. The quantitative estimate of drug-likeness (QED) is 0.846. The van der Waals surface area contributed by atoms with E-state index < -0.39 is 29.5 Å². The number of carboxylic acids is 1. The van der Waals surface area contributed by atoms with Crippen LogP contribution < -0.4 is 9.64 Å². The fourth-order valence-corrected chi connectivity index (χ4v) is 4.32. The van der Waals surface area contributed by atoms with Crippen LogP contribution in [-0.4, -0.2) is 35.2 Å². The molecule has 6 nitrogen and oxygen atoms in total. The largest absolute Gasteiger partial charge is 0.481 e. The van der Waals surface area contributed by atoms with Gasteiger partial charge in [-0.15, -0.1) is 0 Å². The van der Waals surface area contributed by atoms with Crippen LogP contribution in [0.3, 0.4) is 0 Å². The van der Waals surface area contributed by atoms with Gasteiger partial charge >= 0.3 is 5.97 Å². The lowest BCUT2D eigenvalue weighted by Crippen LogP contribution is -2.39. The number of ether oxygens (including phenoxy) is 2. The van der Waals surface area contributed by atoms with Crippen molar-refractivity contribution in [1.82, 2.24) is 0 Å². The molecule has 0 radical (unpaired) electrons. The van der Waals surface area contributed by atoms with Crippen LogP contribution in [0.2, 0.25) is 0 Å². The van der Waals surface area contributed by atoms with Crippen LogP contribution in [0.15, 0.2) is 66.7 Å². The van der Waals surface area contributed by atoms with Crippen LogP contribution in [-0.2, 0) is 14.3 Å². The number of nitrogens with zero attached hydrogens (tertiary/aromatic N) is 1. The number of fused-ring (bicyclic) bond motifs is 1. The molecule has 3 aliphatic rings. The van der Waals surface area contributed by atoms with Crippen LogP contribution >= 0.6 is 0 Å². The van der Waals surface area contributed by atoms with E-state index in [0.717, 1.165) is 5.75 Å². The highest BCUT2D eigenvalue weighted by Gasteiger charge is 2.67. The summed E-state index contributed by atoms with van der Waals surface area (Å²) in [6.45, 7) is 0.326. The van der Waals surface area contributed by atoms with E-state index >= 15 is 0 Å². The summed E-state index contributed by atoms with van der Waals surface area (Å²) in [5, 5.41) is 9.53. The third-order valence-electron chi connectivity index (χ3n) is 5.51. The molecule has 0 aromatic heterocycles. The number of carboxylic acid groups (broad SMARTS) is 1. The van der Waals surface area contributed by atoms with Gasteiger partial charge in [0.25, 0.3) is 0 Å². The number of carbonyl (C=O) groups is 2. The Bertz CT molecular complexity index is 939. The van der Waals surface area contributed by atoms with Crippen LogP contribution in [0.1, 0.15) is 0 Å². The molecule has 1 N–H and O–H groups in total. The summed E-state index contributed by atoms with van der Waals surface area (Å²) in [6, 6.07) is 16.6. The van der Waals surface area contributed by atoms with Gasteiger partial charge in [-0.3, -0.25) is 9.59 Å². The molecule has 0 unspecified atom stereocenters. The van der Waals surface area contributed by atoms with E-state index in [1.807, 2.05) is 36.4 Å². The van der Waals surface area contributed by atoms with Gasteiger partial charge in [-0.25, -0.2) is 0 Å². The number of rotatable bonds is 4. The van der Waals surface area contributed by atoms with Crippen molar-refractivity contribution in [3.05, 3.63) is 66.7 Å².